The highest BCUT2D eigenvalue weighted by Crippen LogP contribution is 2.28. The molecule has 0 aliphatic heterocycles. The fraction of sp³-hybridized carbons (Fsp3) is 0.217. The molecule has 2 aromatic heterocycles. The molecule has 0 aliphatic carbocycles. The summed E-state index contributed by atoms with van der Waals surface area (Å²) in [7, 11) is 0. The topological polar surface area (TPSA) is 57.4 Å². The summed E-state index contributed by atoms with van der Waals surface area (Å²) >= 11 is 0. The molecular formula is C23H22N4. The first-order valence-electron chi connectivity index (χ1n) is 9.16. The third-order valence-electron chi connectivity index (χ3n) is 5.10. The molecule has 4 aromatic rings. The van der Waals surface area contributed by atoms with Crippen molar-refractivity contribution in [3.05, 3.63) is 65.1 Å². The highest BCUT2D eigenvalue weighted by Gasteiger charge is 2.13. The fourth-order valence-electron chi connectivity index (χ4n) is 3.48. The highest BCUT2D eigenvalue weighted by atomic mass is 15.0. The zero-order valence-corrected chi connectivity index (χ0v) is 16.0. The Hall–Kier alpha value is -3.32. The lowest BCUT2D eigenvalue weighted by Gasteiger charge is -2.08. The van der Waals surface area contributed by atoms with Crippen molar-refractivity contribution in [1.82, 2.24) is 14.5 Å². The van der Waals surface area contributed by atoms with Crippen LogP contribution in [0.15, 0.2) is 42.6 Å². The largest absolute Gasteiger partial charge is 0.344 e. The van der Waals surface area contributed by atoms with Gasteiger partial charge in [-0.1, -0.05) is 18.2 Å². The lowest BCUT2D eigenvalue weighted by molar-refractivity contribution is 0.622. The molecule has 2 heterocycles. The number of para-hydroxylation sites is 1. The Morgan fingerprint density at radius 2 is 1.93 bits per heavy atom. The number of fused-ring (bicyclic) bond motifs is 2. The van der Waals surface area contributed by atoms with Gasteiger partial charge >= 0.3 is 0 Å². The van der Waals surface area contributed by atoms with E-state index >= 15 is 0 Å². The molecule has 0 saturated heterocycles. The minimum absolute atomic E-state index is 0.347. The number of benzene rings is 2. The van der Waals surface area contributed by atoms with E-state index in [2.05, 4.69) is 78.8 Å². The van der Waals surface area contributed by atoms with E-state index in [1.165, 1.54) is 16.6 Å². The van der Waals surface area contributed by atoms with Crippen molar-refractivity contribution in [2.24, 2.45) is 0 Å². The fourth-order valence-corrected chi connectivity index (χ4v) is 3.48. The molecule has 4 heteroatoms. The Kier molecular flexibility index (Phi) is 4.08. The van der Waals surface area contributed by atoms with Crippen LogP contribution in [-0.2, 0) is 0 Å². The van der Waals surface area contributed by atoms with Crippen molar-refractivity contribution in [2.45, 2.75) is 33.7 Å². The predicted molar refractivity (Wildman–Crippen MR) is 111 cm³/mol. The lowest BCUT2D eigenvalue weighted by Crippen LogP contribution is -1.97. The number of hydrogen-bond donors (Lipinski definition) is 1. The van der Waals surface area contributed by atoms with Gasteiger partial charge in [-0.2, -0.15) is 5.26 Å². The van der Waals surface area contributed by atoms with Gasteiger partial charge < -0.3 is 9.55 Å². The number of H-pyrrole nitrogens is 1. The summed E-state index contributed by atoms with van der Waals surface area (Å²) in [5, 5.41) is 10.9. The summed E-state index contributed by atoms with van der Waals surface area (Å²) in [6.45, 7) is 8.48. The SMILES string of the molecule is Cc1cc2nc(/C(C#N)=C/c3cn(C(C)C)c4ccccc34)[nH]c2cc1C. The van der Waals surface area contributed by atoms with Crippen LogP contribution in [0.25, 0.3) is 33.6 Å². The highest BCUT2D eigenvalue weighted by molar-refractivity contribution is 5.98. The van der Waals surface area contributed by atoms with Gasteiger partial charge in [-0.25, -0.2) is 4.98 Å². The Morgan fingerprint density at radius 1 is 1.19 bits per heavy atom. The molecule has 0 spiro atoms. The molecule has 27 heavy (non-hydrogen) atoms. The van der Waals surface area contributed by atoms with Crippen LogP contribution in [-0.4, -0.2) is 14.5 Å². The standard InChI is InChI=1S/C23H22N4/c1-14(2)27-13-18(19-7-5-6-8-22(19)27)11-17(12-24)23-25-20-9-15(3)16(4)10-21(20)26-23/h5-11,13-14H,1-4H3,(H,25,26)/b17-11+. The minimum atomic E-state index is 0.347. The molecule has 0 unspecified atom stereocenters. The Morgan fingerprint density at radius 3 is 2.67 bits per heavy atom. The maximum Gasteiger partial charge on any atom is 0.149 e. The average Bonchev–Trinajstić information content (AvgIpc) is 3.21. The molecule has 0 aliphatic rings. The molecule has 134 valence electrons. The second-order valence-electron chi connectivity index (χ2n) is 7.31. The van der Waals surface area contributed by atoms with Gasteiger partial charge in [0, 0.05) is 28.7 Å². The van der Waals surface area contributed by atoms with E-state index in [-0.39, 0.29) is 0 Å². The van der Waals surface area contributed by atoms with Gasteiger partial charge in [-0.15, -0.1) is 0 Å². The Balaban J connectivity index is 1.88. The van der Waals surface area contributed by atoms with Crippen molar-refractivity contribution in [3.63, 3.8) is 0 Å². The monoisotopic (exact) mass is 354 g/mol. The van der Waals surface area contributed by atoms with E-state index in [0.717, 1.165) is 22.0 Å². The smallest absolute Gasteiger partial charge is 0.149 e. The molecule has 0 fully saturated rings. The van der Waals surface area contributed by atoms with Crippen molar-refractivity contribution < 1.29 is 0 Å². The second kappa shape index (κ2) is 6.44. The third kappa shape index (κ3) is 2.92. The van der Waals surface area contributed by atoms with Gasteiger partial charge in [-0.05, 0) is 63.1 Å². The van der Waals surface area contributed by atoms with Crippen LogP contribution in [0.5, 0.6) is 0 Å². The van der Waals surface area contributed by atoms with Crippen LogP contribution in [0.2, 0.25) is 0 Å². The van der Waals surface area contributed by atoms with E-state index < -0.39 is 0 Å². The number of nitrogens with one attached hydrogen (secondary N) is 1. The third-order valence-corrected chi connectivity index (χ3v) is 5.10. The number of aromatic amines is 1. The number of aromatic nitrogens is 3. The molecule has 0 atom stereocenters. The van der Waals surface area contributed by atoms with Crippen molar-refractivity contribution in [3.8, 4) is 6.07 Å². The number of nitriles is 1. The van der Waals surface area contributed by atoms with E-state index in [1.807, 2.05) is 18.2 Å². The first-order chi connectivity index (χ1) is 13.0. The quantitative estimate of drug-likeness (QED) is 0.474. The zero-order chi connectivity index (χ0) is 19.1. The number of allylic oxidation sites excluding steroid dienone is 1. The molecule has 4 nitrogen and oxygen atoms in total. The maximum atomic E-state index is 9.78. The van der Waals surface area contributed by atoms with Crippen molar-refractivity contribution >= 4 is 33.6 Å². The predicted octanol–water partition coefficient (Wildman–Crippen LogP) is 5.78. The van der Waals surface area contributed by atoms with Gasteiger partial charge in [0.25, 0.3) is 0 Å². The van der Waals surface area contributed by atoms with Crippen molar-refractivity contribution in [2.75, 3.05) is 0 Å². The number of nitrogens with zero attached hydrogens (tertiary/aromatic N) is 3. The van der Waals surface area contributed by atoms with Crippen LogP contribution in [0, 0.1) is 25.2 Å². The van der Waals surface area contributed by atoms with Gasteiger partial charge in [0.05, 0.1) is 16.6 Å². The van der Waals surface area contributed by atoms with Gasteiger partial charge in [0.2, 0.25) is 0 Å². The first kappa shape index (κ1) is 17.1. The molecule has 0 amide bonds. The minimum Gasteiger partial charge on any atom is -0.344 e. The van der Waals surface area contributed by atoms with Gasteiger partial charge in [0.1, 0.15) is 11.9 Å². The van der Waals surface area contributed by atoms with Crippen LogP contribution in [0.3, 0.4) is 0 Å². The summed E-state index contributed by atoms with van der Waals surface area (Å²) in [5.41, 5.74) is 6.99. The number of aryl methyl sites for hydroxylation is 2. The van der Waals surface area contributed by atoms with Crippen LogP contribution in [0.4, 0.5) is 0 Å². The first-order valence-corrected chi connectivity index (χ1v) is 9.16. The van der Waals surface area contributed by atoms with Gasteiger partial charge in [0.15, 0.2) is 0 Å². The summed E-state index contributed by atoms with van der Waals surface area (Å²) in [5.74, 6) is 0.610. The van der Waals surface area contributed by atoms with E-state index in [4.69, 9.17) is 0 Å². The Bertz CT molecular complexity index is 1190. The van der Waals surface area contributed by atoms with E-state index in [0.29, 0.717) is 17.4 Å². The number of rotatable bonds is 3. The summed E-state index contributed by atoms with van der Waals surface area (Å²) < 4.78 is 2.24. The molecule has 0 radical (unpaired) electrons. The Labute approximate surface area is 158 Å². The molecule has 4 rings (SSSR count). The number of hydrogen-bond acceptors (Lipinski definition) is 2. The lowest BCUT2D eigenvalue weighted by atomic mass is 10.1. The maximum absolute atomic E-state index is 9.78. The van der Waals surface area contributed by atoms with Gasteiger partial charge in [-0.3, -0.25) is 0 Å². The molecular weight excluding hydrogens is 332 g/mol. The second-order valence-corrected chi connectivity index (χ2v) is 7.31. The molecule has 0 bridgehead atoms. The summed E-state index contributed by atoms with van der Waals surface area (Å²) in [4.78, 5) is 7.95. The average molecular weight is 354 g/mol. The van der Waals surface area contributed by atoms with Crippen LogP contribution in [0.1, 0.15) is 42.4 Å². The zero-order valence-electron chi connectivity index (χ0n) is 16.0. The molecule has 1 N–H and O–H groups in total. The van der Waals surface area contributed by atoms with Crippen molar-refractivity contribution in [1.29, 1.82) is 5.26 Å². The number of imidazole rings is 1. The summed E-state index contributed by atoms with van der Waals surface area (Å²) in [6, 6.07) is 15.1. The molecule has 2 aromatic carbocycles. The van der Waals surface area contributed by atoms with E-state index in [9.17, 15) is 5.26 Å². The summed E-state index contributed by atoms with van der Waals surface area (Å²) in [6.07, 6.45) is 4.04. The normalized spacial score (nSPS) is 12.2. The molecule has 0 saturated carbocycles. The van der Waals surface area contributed by atoms with Crippen LogP contribution < -0.4 is 0 Å². The van der Waals surface area contributed by atoms with E-state index in [1.54, 1.807) is 0 Å². The van der Waals surface area contributed by atoms with Crippen LogP contribution >= 0.6 is 0 Å².